The van der Waals surface area contributed by atoms with Crippen LogP contribution in [-0.2, 0) is 12.8 Å². The number of fused-ring (bicyclic) bond motifs is 2. The van der Waals surface area contributed by atoms with Crippen LogP contribution in [0.4, 0.5) is 0 Å². The molecule has 2 heterocycles. The van der Waals surface area contributed by atoms with Gasteiger partial charge in [-0.15, -0.1) is 0 Å². The highest BCUT2D eigenvalue weighted by Gasteiger charge is 2.27. The highest BCUT2D eigenvalue weighted by Crippen LogP contribution is 2.49. The molecule has 258 valence electrons. The minimum absolute atomic E-state index is 0.981. The summed E-state index contributed by atoms with van der Waals surface area (Å²) in [5.41, 5.74) is 11.8. The molecule has 0 atom stereocenters. The second-order valence-corrected chi connectivity index (χ2v) is 15.4. The maximum absolute atomic E-state index is 5.39. The molecule has 0 bridgehead atoms. The van der Waals surface area contributed by atoms with Crippen molar-refractivity contribution in [3.8, 4) is 33.6 Å². The normalized spacial score (nSPS) is 11.5. The molecule has 6 rings (SSSR count). The molecule has 0 radical (unpaired) electrons. The van der Waals surface area contributed by atoms with Crippen molar-refractivity contribution in [2.75, 3.05) is 0 Å². The van der Waals surface area contributed by atoms with Crippen LogP contribution in [0.25, 0.3) is 55.4 Å². The van der Waals surface area contributed by atoms with Crippen LogP contribution in [0.3, 0.4) is 0 Å². The van der Waals surface area contributed by atoms with E-state index in [0.717, 1.165) is 56.1 Å². The summed E-state index contributed by atoms with van der Waals surface area (Å²) in [6.45, 7) is 4.59. The maximum atomic E-state index is 5.39. The Morgan fingerprint density at radius 3 is 1.48 bits per heavy atom. The van der Waals surface area contributed by atoms with Gasteiger partial charge in [0.1, 0.15) is 0 Å². The van der Waals surface area contributed by atoms with Crippen molar-refractivity contribution < 1.29 is 0 Å². The lowest BCUT2D eigenvalue weighted by atomic mass is 9.81. The predicted molar refractivity (Wildman–Crippen MR) is 223 cm³/mol. The molecule has 6 aromatic rings. The van der Waals surface area contributed by atoms with E-state index in [1.807, 2.05) is 0 Å². The molecular weight excluding hydrogens is 740 g/mol. The van der Waals surface area contributed by atoms with Crippen molar-refractivity contribution >= 4 is 53.7 Å². The Hall–Kier alpha value is -3.34. The Bertz CT molecular complexity index is 2010. The number of nitrogens with zero attached hydrogens (tertiary/aromatic N) is 2. The van der Waals surface area contributed by atoms with E-state index in [4.69, 9.17) is 9.97 Å². The van der Waals surface area contributed by atoms with Crippen LogP contribution < -0.4 is 0 Å². The first kappa shape index (κ1) is 36.5. The molecule has 0 aliphatic carbocycles. The zero-order valence-electron chi connectivity index (χ0n) is 29.8. The van der Waals surface area contributed by atoms with Crippen molar-refractivity contribution in [2.45, 2.75) is 104 Å². The summed E-state index contributed by atoms with van der Waals surface area (Å²) in [4.78, 5) is 10.7. The first-order valence-corrected chi connectivity index (χ1v) is 20.5. The summed E-state index contributed by atoms with van der Waals surface area (Å²) in [6, 6.07) is 34.7. The third-order valence-electron chi connectivity index (χ3n) is 10.1. The van der Waals surface area contributed by atoms with Crippen molar-refractivity contribution in [1.29, 1.82) is 0 Å². The van der Waals surface area contributed by atoms with Gasteiger partial charge in [0.2, 0.25) is 0 Å². The lowest BCUT2D eigenvalue weighted by Gasteiger charge is -2.26. The number of unbranched alkanes of at least 4 members (excludes halogenated alkanes) is 10. The molecule has 0 aliphatic heterocycles. The van der Waals surface area contributed by atoms with Crippen LogP contribution in [0.2, 0.25) is 0 Å². The van der Waals surface area contributed by atoms with Crippen molar-refractivity contribution in [3.05, 3.63) is 117 Å². The van der Waals surface area contributed by atoms with Gasteiger partial charge in [0.05, 0.1) is 22.4 Å². The largest absolute Gasteiger partial charge is 0.248 e. The number of para-hydroxylation sites is 2. The van der Waals surface area contributed by atoms with Gasteiger partial charge in [0, 0.05) is 30.8 Å². The van der Waals surface area contributed by atoms with E-state index in [1.165, 1.54) is 109 Å². The fourth-order valence-electron chi connectivity index (χ4n) is 7.36. The van der Waals surface area contributed by atoms with Gasteiger partial charge in [-0.3, -0.25) is 0 Å². The van der Waals surface area contributed by atoms with Gasteiger partial charge in [-0.1, -0.05) is 155 Å². The number of aromatic nitrogens is 2. The molecule has 50 heavy (non-hydrogen) atoms. The number of rotatable bonds is 17. The average Bonchev–Trinajstić information content (AvgIpc) is 3.15. The second kappa shape index (κ2) is 18.2. The zero-order chi connectivity index (χ0) is 34.7. The van der Waals surface area contributed by atoms with Gasteiger partial charge >= 0.3 is 0 Å². The van der Waals surface area contributed by atoms with Gasteiger partial charge in [0.15, 0.2) is 0 Å². The van der Waals surface area contributed by atoms with Crippen molar-refractivity contribution in [1.82, 2.24) is 9.97 Å². The van der Waals surface area contributed by atoms with E-state index >= 15 is 0 Å². The summed E-state index contributed by atoms with van der Waals surface area (Å²) in [5, 5.41) is 2.30. The Morgan fingerprint density at radius 2 is 0.920 bits per heavy atom. The SMILES string of the molecule is CCCCCCCCc1c(Br)c(-c2ccc3ccccc3n2)c(-c2ccc3ccccc3n2)c(-c2ccc(Br)cc2)c1CCCCCCCC. The van der Waals surface area contributed by atoms with Gasteiger partial charge in [-0.25, -0.2) is 9.97 Å². The minimum atomic E-state index is 0.981. The van der Waals surface area contributed by atoms with Crippen LogP contribution in [-0.4, -0.2) is 9.97 Å². The van der Waals surface area contributed by atoms with Crippen LogP contribution >= 0.6 is 31.9 Å². The standard InChI is InChI=1S/C46H50Br2N2/c1-3-5-7-9-11-13-21-37-38(22-14-12-10-8-6-4-2)46(48)45(42-32-28-34-20-16-18-24-40(34)50-42)44(43(37)35-25-29-36(47)30-26-35)41-31-27-33-19-15-17-23-39(33)49-41/h15-20,23-32H,3-14,21-22H2,1-2H3. The zero-order valence-corrected chi connectivity index (χ0v) is 33.0. The van der Waals surface area contributed by atoms with Crippen molar-refractivity contribution in [3.63, 3.8) is 0 Å². The molecule has 4 aromatic carbocycles. The highest BCUT2D eigenvalue weighted by atomic mass is 79.9. The molecular formula is C46H50Br2N2. The lowest BCUT2D eigenvalue weighted by molar-refractivity contribution is 0.599. The fraction of sp³-hybridized carbons (Fsp3) is 0.348. The Labute approximate surface area is 316 Å². The van der Waals surface area contributed by atoms with Gasteiger partial charge < -0.3 is 0 Å². The molecule has 2 nitrogen and oxygen atoms in total. The predicted octanol–water partition coefficient (Wildman–Crippen LogP) is 15.1. The van der Waals surface area contributed by atoms with Crippen molar-refractivity contribution in [2.24, 2.45) is 0 Å². The number of benzene rings is 4. The molecule has 2 aromatic heterocycles. The fourth-order valence-corrected chi connectivity index (χ4v) is 8.47. The van der Waals surface area contributed by atoms with E-state index in [0.29, 0.717) is 0 Å². The molecule has 0 amide bonds. The molecule has 0 fully saturated rings. The Kier molecular flexibility index (Phi) is 13.3. The summed E-state index contributed by atoms with van der Waals surface area (Å²) in [6.07, 6.45) is 17.4. The summed E-state index contributed by atoms with van der Waals surface area (Å²) in [5.74, 6) is 0. The first-order valence-electron chi connectivity index (χ1n) is 18.9. The van der Waals surface area contributed by atoms with Crippen LogP contribution in [0.15, 0.2) is 106 Å². The third kappa shape index (κ3) is 8.75. The molecule has 0 saturated heterocycles. The molecule has 0 aliphatic rings. The third-order valence-corrected chi connectivity index (χ3v) is 11.5. The average molecular weight is 791 g/mol. The molecule has 4 heteroatoms. The molecule has 0 unspecified atom stereocenters. The Morgan fingerprint density at radius 1 is 0.440 bits per heavy atom. The van der Waals surface area contributed by atoms with E-state index in [9.17, 15) is 0 Å². The molecule has 0 saturated carbocycles. The molecule has 0 spiro atoms. The number of hydrogen-bond acceptors (Lipinski definition) is 2. The second-order valence-electron chi connectivity index (χ2n) is 13.7. The van der Waals surface area contributed by atoms with E-state index in [-0.39, 0.29) is 0 Å². The lowest BCUT2D eigenvalue weighted by Crippen LogP contribution is -2.07. The monoisotopic (exact) mass is 788 g/mol. The maximum Gasteiger partial charge on any atom is 0.0728 e. The van der Waals surface area contributed by atoms with Gasteiger partial charge in [0.25, 0.3) is 0 Å². The van der Waals surface area contributed by atoms with Gasteiger partial charge in [-0.05, 0) is 100 Å². The van der Waals surface area contributed by atoms with Gasteiger partial charge in [-0.2, -0.15) is 0 Å². The number of hydrogen-bond donors (Lipinski definition) is 0. The quantitative estimate of drug-likeness (QED) is 0.0860. The van der Waals surface area contributed by atoms with Crippen LogP contribution in [0.5, 0.6) is 0 Å². The van der Waals surface area contributed by atoms with E-state index in [2.05, 4.69) is 143 Å². The molecule has 0 N–H and O–H groups in total. The van der Waals surface area contributed by atoms with E-state index in [1.54, 1.807) is 0 Å². The summed E-state index contributed by atoms with van der Waals surface area (Å²) < 4.78 is 2.27. The summed E-state index contributed by atoms with van der Waals surface area (Å²) >= 11 is 8.04. The summed E-state index contributed by atoms with van der Waals surface area (Å²) in [7, 11) is 0. The minimum Gasteiger partial charge on any atom is -0.248 e. The number of halogens is 2. The highest BCUT2D eigenvalue weighted by molar-refractivity contribution is 9.11. The van der Waals surface area contributed by atoms with Crippen LogP contribution in [0.1, 0.15) is 102 Å². The topological polar surface area (TPSA) is 25.8 Å². The van der Waals surface area contributed by atoms with Crippen LogP contribution in [0, 0.1) is 0 Å². The first-order chi connectivity index (χ1) is 24.6. The van der Waals surface area contributed by atoms with E-state index < -0.39 is 0 Å². The number of pyridine rings is 2. The smallest absolute Gasteiger partial charge is 0.0728 e. The Balaban J connectivity index is 1.61.